The molecule has 3 aliphatic rings. The molecule has 0 saturated carbocycles. The number of fused-ring (bicyclic) bond motifs is 3. The van der Waals surface area contributed by atoms with Crippen LogP contribution in [-0.2, 0) is 46.3 Å². The van der Waals surface area contributed by atoms with E-state index < -0.39 is 64.6 Å². The van der Waals surface area contributed by atoms with Gasteiger partial charge in [-0.3, -0.25) is 22.9 Å². The molecule has 11 unspecified atom stereocenters. The molecule has 3 rings (SSSR count). The standard InChI is InChI=1S/C26H47NO13P2S2/c1-16(29)7-8-19-9-10-22(30)27-11-5-6-12-43-25-17(2)37-20(13-28)23(25)40-42(33,34)36-14-21-24(39-41(31,32)35-4)26(44-15-19)18(3)38-21/h17-21,23-26,28H,5-15H2,1-4H3,(H,27,30)(H,31,32)(H,33,34). The minimum absolute atomic E-state index is 0.000753. The van der Waals surface area contributed by atoms with Crippen LogP contribution in [0.2, 0.25) is 0 Å². The first-order chi connectivity index (χ1) is 20.7. The molecule has 4 N–H and O–H groups in total. The molecular weight excluding hydrogens is 660 g/mol. The highest BCUT2D eigenvalue weighted by atomic mass is 32.2. The van der Waals surface area contributed by atoms with Gasteiger partial charge in [-0.1, -0.05) is 0 Å². The van der Waals surface area contributed by atoms with Crippen LogP contribution >= 0.6 is 39.2 Å². The highest BCUT2D eigenvalue weighted by Gasteiger charge is 2.50. The predicted molar refractivity (Wildman–Crippen MR) is 165 cm³/mol. The molecule has 14 nitrogen and oxygen atoms in total. The number of phosphoric acid groups is 2. The topological polar surface area (TPSA) is 196 Å². The van der Waals surface area contributed by atoms with E-state index >= 15 is 0 Å². The lowest BCUT2D eigenvalue weighted by Crippen LogP contribution is -2.36. The number of aliphatic hydroxyl groups is 1. The number of carbonyl (C=O) groups is 2. The van der Waals surface area contributed by atoms with Gasteiger partial charge in [0, 0.05) is 26.5 Å². The second-order valence-corrected chi connectivity index (χ2v) is 16.7. The maximum atomic E-state index is 13.2. The molecule has 0 aromatic carbocycles. The quantitative estimate of drug-likeness (QED) is 0.282. The molecule has 44 heavy (non-hydrogen) atoms. The van der Waals surface area contributed by atoms with E-state index in [0.29, 0.717) is 43.7 Å². The molecule has 2 bridgehead atoms. The van der Waals surface area contributed by atoms with Crippen LogP contribution in [-0.4, -0.2) is 112 Å². The first-order valence-electron chi connectivity index (χ1n) is 14.9. The van der Waals surface area contributed by atoms with Crippen molar-refractivity contribution in [2.75, 3.05) is 38.4 Å². The fourth-order valence-electron chi connectivity index (χ4n) is 5.43. The van der Waals surface area contributed by atoms with Gasteiger partial charge in [0.2, 0.25) is 5.91 Å². The molecule has 11 atom stereocenters. The maximum absolute atomic E-state index is 13.2. The van der Waals surface area contributed by atoms with Gasteiger partial charge in [0.15, 0.2) is 0 Å². The Morgan fingerprint density at radius 1 is 1.18 bits per heavy atom. The lowest BCUT2D eigenvalue weighted by atomic mass is 9.98. The summed E-state index contributed by atoms with van der Waals surface area (Å²) < 4.78 is 58.5. The molecule has 3 saturated heterocycles. The van der Waals surface area contributed by atoms with Gasteiger partial charge in [0.25, 0.3) is 0 Å². The number of aliphatic hydroxyl groups excluding tert-OH is 1. The average Bonchev–Trinajstić information content (AvgIpc) is 3.41. The van der Waals surface area contributed by atoms with Gasteiger partial charge >= 0.3 is 15.6 Å². The van der Waals surface area contributed by atoms with E-state index in [1.54, 1.807) is 13.8 Å². The van der Waals surface area contributed by atoms with Crippen molar-refractivity contribution in [3.05, 3.63) is 0 Å². The predicted octanol–water partition coefficient (Wildman–Crippen LogP) is 3.07. The van der Waals surface area contributed by atoms with Crippen molar-refractivity contribution >= 4 is 50.9 Å². The summed E-state index contributed by atoms with van der Waals surface area (Å²) in [5.74, 6) is 1.15. The number of Topliss-reactive ketones (excluding diaryl/α,β-unsaturated/α-hetero) is 1. The van der Waals surface area contributed by atoms with Crippen LogP contribution in [0.25, 0.3) is 0 Å². The molecule has 3 aliphatic heterocycles. The highest BCUT2D eigenvalue weighted by molar-refractivity contribution is 8.00. The molecule has 18 heteroatoms. The van der Waals surface area contributed by atoms with Crippen molar-refractivity contribution in [3.63, 3.8) is 0 Å². The minimum Gasteiger partial charge on any atom is -0.394 e. The third-order valence-electron chi connectivity index (χ3n) is 7.82. The summed E-state index contributed by atoms with van der Waals surface area (Å²) in [7, 11) is -8.20. The Morgan fingerprint density at radius 2 is 1.91 bits per heavy atom. The maximum Gasteiger partial charge on any atom is 0.472 e. The van der Waals surface area contributed by atoms with Crippen LogP contribution in [0.4, 0.5) is 0 Å². The van der Waals surface area contributed by atoms with Crippen molar-refractivity contribution in [1.29, 1.82) is 0 Å². The van der Waals surface area contributed by atoms with Crippen LogP contribution in [0.1, 0.15) is 59.3 Å². The molecule has 1 amide bonds. The third kappa shape index (κ3) is 11.9. The van der Waals surface area contributed by atoms with Gasteiger partial charge in [-0.05, 0) is 63.9 Å². The number of amides is 1. The first-order valence-corrected chi connectivity index (χ1v) is 20.0. The summed E-state index contributed by atoms with van der Waals surface area (Å²) in [5.41, 5.74) is 0. The Bertz CT molecular complexity index is 1040. The Kier molecular flexibility index (Phi) is 15.6. The molecule has 0 aromatic heterocycles. The van der Waals surface area contributed by atoms with E-state index in [0.717, 1.165) is 20.0 Å². The number of rotatable bonds is 7. The van der Waals surface area contributed by atoms with Crippen molar-refractivity contribution in [2.45, 2.75) is 106 Å². The number of ether oxygens (including phenoxy) is 2. The zero-order chi connectivity index (χ0) is 32.5. The third-order valence-corrected chi connectivity index (χ3v) is 13.0. The van der Waals surface area contributed by atoms with Gasteiger partial charge in [0.05, 0.1) is 35.9 Å². The number of ketones is 1. The monoisotopic (exact) mass is 707 g/mol. The summed E-state index contributed by atoms with van der Waals surface area (Å²) in [4.78, 5) is 45.2. The number of hydrogen-bond donors (Lipinski definition) is 4. The van der Waals surface area contributed by atoms with Gasteiger partial charge in [-0.2, -0.15) is 23.5 Å². The zero-order valence-electron chi connectivity index (χ0n) is 25.6. The molecule has 0 aromatic rings. The smallest absolute Gasteiger partial charge is 0.394 e. The Balaban J connectivity index is 1.83. The first kappa shape index (κ1) is 38.4. The summed E-state index contributed by atoms with van der Waals surface area (Å²) in [5, 5.41) is 11.9. The average molecular weight is 708 g/mol. The van der Waals surface area contributed by atoms with Crippen LogP contribution in [0.15, 0.2) is 0 Å². The van der Waals surface area contributed by atoms with Crippen molar-refractivity contribution < 1.29 is 61.2 Å². The molecule has 0 aliphatic carbocycles. The van der Waals surface area contributed by atoms with E-state index in [9.17, 15) is 33.6 Å². The van der Waals surface area contributed by atoms with Gasteiger partial charge in [0.1, 0.15) is 30.2 Å². The molecule has 256 valence electrons. The van der Waals surface area contributed by atoms with Crippen molar-refractivity contribution in [2.24, 2.45) is 5.92 Å². The van der Waals surface area contributed by atoms with E-state index in [4.69, 9.17) is 23.0 Å². The second kappa shape index (κ2) is 17.9. The van der Waals surface area contributed by atoms with Gasteiger partial charge in [-0.25, -0.2) is 9.13 Å². The van der Waals surface area contributed by atoms with Crippen LogP contribution in [0.5, 0.6) is 0 Å². The Labute approximate surface area is 267 Å². The van der Waals surface area contributed by atoms with E-state index in [1.165, 1.54) is 30.4 Å². The van der Waals surface area contributed by atoms with Crippen LogP contribution < -0.4 is 5.32 Å². The van der Waals surface area contributed by atoms with Crippen molar-refractivity contribution in [3.8, 4) is 0 Å². The van der Waals surface area contributed by atoms with Crippen LogP contribution in [0, 0.1) is 5.92 Å². The van der Waals surface area contributed by atoms with E-state index in [1.807, 2.05) is 0 Å². The number of carbonyl (C=O) groups excluding carboxylic acids is 2. The lowest BCUT2D eigenvalue weighted by Gasteiger charge is -2.27. The number of hydrogen-bond acceptors (Lipinski definition) is 13. The summed E-state index contributed by atoms with van der Waals surface area (Å²) >= 11 is 2.91. The second-order valence-electron chi connectivity index (χ2n) is 11.3. The zero-order valence-corrected chi connectivity index (χ0v) is 29.0. The molecule has 3 fully saturated rings. The lowest BCUT2D eigenvalue weighted by molar-refractivity contribution is -0.121. The Morgan fingerprint density at radius 3 is 2.59 bits per heavy atom. The summed E-state index contributed by atoms with van der Waals surface area (Å²) in [6, 6.07) is 0. The largest absolute Gasteiger partial charge is 0.472 e. The van der Waals surface area contributed by atoms with Crippen LogP contribution in [0.3, 0.4) is 0 Å². The van der Waals surface area contributed by atoms with E-state index in [-0.39, 0.29) is 29.0 Å². The Hall–Kier alpha value is -0.0600. The fraction of sp³-hybridized carbons (Fsp3) is 0.923. The SMILES string of the molecule is COP(=O)(O)OC1C2COP(=O)(O)OC3C(CO)OC(C)C3SCCCCNC(=O)CCC(CCC(C)=O)CSC1C(C)O2. The summed E-state index contributed by atoms with van der Waals surface area (Å²) in [6.07, 6.45) is -1.49. The van der Waals surface area contributed by atoms with E-state index in [2.05, 4.69) is 9.84 Å². The molecule has 0 radical (unpaired) electrons. The number of phosphoric ester groups is 2. The van der Waals surface area contributed by atoms with Crippen molar-refractivity contribution in [1.82, 2.24) is 5.32 Å². The number of nitrogens with one attached hydrogen (secondary N) is 1. The molecule has 3 heterocycles. The molecule has 0 spiro atoms. The number of thioether (sulfide) groups is 2. The minimum atomic E-state index is -4.72. The molecular formula is C26H47NO13P2S2. The highest BCUT2D eigenvalue weighted by Crippen LogP contribution is 2.52. The van der Waals surface area contributed by atoms with Gasteiger partial charge in [-0.15, -0.1) is 0 Å². The van der Waals surface area contributed by atoms with Gasteiger partial charge < -0.3 is 34.5 Å². The normalized spacial score (nSPS) is 39.9. The fourth-order valence-corrected chi connectivity index (χ4v) is 10.2. The summed E-state index contributed by atoms with van der Waals surface area (Å²) in [6.45, 7) is 4.65.